The highest BCUT2D eigenvalue weighted by Gasteiger charge is 2.34. The van der Waals surface area contributed by atoms with Crippen molar-refractivity contribution in [1.82, 2.24) is 10.6 Å². The average molecular weight is 791 g/mol. The van der Waals surface area contributed by atoms with E-state index in [-0.39, 0.29) is 24.4 Å². The number of aryl methyl sites for hydroxylation is 1. The van der Waals surface area contributed by atoms with Crippen molar-refractivity contribution in [3.63, 3.8) is 0 Å². The number of carbonyl (C=O) groups excluding carboxylic acids is 3. The van der Waals surface area contributed by atoms with Crippen LogP contribution in [0.5, 0.6) is 5.75 Å². The number of nitrogens with one attached hydrogen (secondary N) is 2. The van der Waals surface area contributed by atoms with E-state index >= 15 is 0 Å². The van der Waals surface area contributed by atoms with E-state index in [1.165, 1.54) is 0 Å². The van der Waals surface area contributed by atoms with Gasteiger partial charge < -0.3 is 29.3 Å². The fourth-order valence-electron chi connectivity index (χ4n) is 7.48. The fraction of sp³-hybridized carbons (Fsp3) is 0.449. The third-order valence-corrected chi connectivity index (χ3v) is 11.0. The van der Waals surface area contributed by atoms with E-state index in [4.69, 9.17) is 14.2 Å². The minimum absolute atomic E-state index is 0.0665. The molecule has 1 aliphatic carbocycles. The Morgan fingerprint density at radius 2 is 1.33 bits per heavy atom. The molecule has 0 saturated carbocycles. The first-order chi connectivity index (χ1) is 27.7. The number of benzene rings is 4. The van der Waals surface area contributed by atoms with Crippen LogP contribution in [0.25, 0.3) is 11.1 Å². The predicted octanol–water partition coefficient (Wildman–Crippen LogP) is 9.37. The van der Waals surface area contributed by atoms with Gasteiger partial charge in [0.2, 0.25) is 5.91 Å². The molecule has 4 unspecified atom stereocenters. The Morgan fingerprint density at radius 3 is 1.90 bits per heavy atom. The van der Waals surface area contributed by atoms with Crippen molar-refractivity contribution in [3.05, 3.63) is 125 Å². The lowest BCUT2D eigenvalue weighted by Gasteiger charge is -2.28. The molecular formula is C49H64N3O6+. The van der Waals surface area contributed by atoms with Gasteiger partial charge in [0.25, 0.3) is 0 Å². The lowest BCUT2D eigenvalue weighted by atomic mass is 9.97. The summed E-state index contributed by atoms with van der Waals surface area (Å²) in [6, 6.07) is 30.0. The van der Waals surface area contributed by atoms with Crippen molar-refractivity contribution in [2.24, 2.45) is 11.8 Å². The molecule has 58 heavy (non-hydrogen) atoms. The number of nitrogens with zero attached hydrogens (tertiary/aromatic N) is 1. The molecule has 2 N–H and O–H groups in total. The summed E-state index contributed by atoms with van der Waals surface area (Å²) in [7, 11) is 6.62. The first kappa shape index (κ1) is 44.0. The molecule has 2 amide bonds. The maximum absolute atomic E-state index is 14.2. The minimum atomic E-state index is -0.948. The lowest BCUT2D eigenvalue weighted by Crippen LogP contribution is -2.54. The molecule has 0 radical (unpaired) electrons. The molecule has 0 spiro atoms. The van der Waals surface area contributed by atoms with Gasteiger partial charge in [0, 0.05) is 5.92 Å². The highest BCUT2D eigenvalue weighted by molar-refractivity contribution is 5.90. The van der Waals surface area contributed by atoms with Crippen LogP contribution >= 0.6 is 0 Å². The zero-order chi connectivity index (χ0) is 41.8. The van der Waals surface area contributed by atoms with Crippen molar-refractivity contribution >= 4 is 18.0 Å². The molecule has 0 aliphatic heterocycles. The van der Waals surface area contributed by atoms with Gasteiger partial charge in [0.05, 0.1) is 34.3 Å². The average Bonchev–Trinajstić information content (AvgIpc) is 3.52. The Hall–Kier alpha value is -5.15. The number of hydrogen-bond donors (Lipinski definition) is 2. The monoisotopic (exact) mass is 790 g/mol. The van der Waals surface area contributed by atoms with Gasteiger partial charge in [-0.3, -0.25) is 4.79 Å². The zero-order valence-corrected chi connectivity index (χ0v) is 35.8. The Balaban J connectivity index is 1.25. The standard InChI is InChI=1S/C49H63N3O6/c1-9-35(5)45(51-49(55)57-32-43-41-19-13-11-17-39(41)40-18-12-14-20-42(40)43)47(53)50-44(31-33(2)3)48(54)58-46(36-23-21-34(4)22-24-36)37-25-27-38(28-26-37)56-30-16-10-15-29-52(6,7)8/h11-14,17-28,33,35,43-46H,9-10,15-16,29-32H2,1-8H3,(H-,50,51,53,55)/p+1. The van der Waals surface area contributed by atoms with Crippen molar-refractivity contribution in [2.75, 3.05) is 40.9 Å². The highest BCUT2D eigenvalue weighted by Crippen LogP contribution is 2.44. The maximum atomic E-state index is 14.2. The minimum Gasteiger partial charge on any atom is -0.494 e. The second-order valence-electron chi connectivity index (χ2n) is 17.2. The van der Waals surface area contributed by atoms with Gasteiger partial charge in [0.1, 0.15) is 24.4 Å². The van der Waals surface area contributed by atoms with Crippen LogP contribution < -0.4 is 15.4 Å². The summed E-state index contributed by atoms with van der Waals surface area (Å²) in [6.07, 6.45) is 2.81. The zero-order valence-electron chi connectivity index (χ0n) is 35.8. The molecule has 5 rings (SSSR count). The second kappa shape index (κ2) is 20.5. The molecule has 1 aliphatic rings. The Bertz CT molecular complexity index is 1910. The summed E-state index contributed by atoms with van der Waals surface area (Å²) in [5.74, 6) is -0.537. The number of fused-ring (bicyclic) bond motifs is 3. The molecule has 310 valence electrons. The number of esters is 1. The highest BCUT2D eigenvalue weighted by atomic mass is 16.6. The van der Waals surface area contributed by atoms with Gasteiger partial charge in [-0.1, -0.05) is 125 Å². The molecule has 4 aromatic carbocycles. The van der Waals surface area contributed by atoms with Crippen molar-refractivity contribution in [3.8, 4) is 16.9 Å². The molecule has 9 heteroatoms. The van der Waals surface area contributed by atoms with Crippen LogP contribution in [0.15, 0.2) is 97.1 Å². The Kier molecular flexibility index (Phi) is 15.5. The summed E-state index contributed by atoms with van der Waals surface area (Å²) in [5, 5.41) is 5.79. The molecule has 0 bridgehead atoms. The van der Waals surface area contributed by atoms with Crippen molar-refractivity contribution in [1.29, 1.82) is 0 Å². The molecule has 0 heterocycles. The van der Waals surface area contributed by atoms with Crippen molar-refractivity contribution in [2.45, 2.75) is 90.8 Å². The molecule has 4 aromatic rings. The van der Waals surface area contributed by atoms with Gasteiger partial charge in [-0.15, -0.1) is 0 Å². The normalized spacial score (nSPS) is 14.4. The van der Waals surface area contributed by atoms with Crippen LogP contribution in [0.3, 0.4) is 0 Å². The molecule has 4 atom stereocenters. The van der Waals surface area contributed by atoms with Crippen LogP contribution in [-0.2, 0) is 19.1 Å². The number of carbonyl (C=O) groups is 3. The number of alkyl carbamates (subject to hydrolysis) is 1. The van der Waals surface area contributed by atoms with Crippen LogP contribution in [0.4, 0.5) is 4.79 Å². The third-order valence-electron chi connectivity index (χ3n) is 11.0. The number of rotatable bonds is 20. The third kappa shape index (κ3) is 12.2. The molecule has 0 saturated heterocycles. The SMILES string of the molecule is CCC(C)C(NC(=O)OCC1c2ccccc2-c2ccccc21)C(=O)NC(CC(C)C)C(=O)OC(c1ccc(C)cc1)c1ccc(OCCCCC[N+](C)(C)C)cc1. The summed E-state index contributed by atoms with van der Waals surface area (Å²) in [6.45, 7) is 11.8. The largest absolute Gasteiger partial charge is 0.494 e. The van der Waals surface area contributed by atoms with E-state index in [0.717, 1.165) is 75.0 Å². The van der Waals surface area contributed by atoms with E-state index in [1.54, 1.807) is 0 Å². The van der Waals surface area contributed by atoms with Gasteiger partial charge in [-0.05, 0) is 90.0 Å². The molecular weight excluding hydrogens is 727 g/mol. The molecule has 0 fully saturated rings. The number of amides is 2. The quantitative estimate of drug-likeness (QED) is 0.0526. The summed E-state index contributed by atoms with van der Waals surface area (Å²) in [5.41, 5.74) is 7.17. The van der Waals surface area contributed by atoms with Gasteiger partial charge in [0.15, 0.2) is 6.10 Å². The van der Waals surface area contributed by atoms with Crippen LogP contribution in [0, 0.1) is 18.8 Å². The van der Waals surface area contributed by atoms with Gasteiger partial charge in [-0.25, -0.2) is 9.59 Å². The van der Waals surface area contributed by atoms with Crippen LogP contribution in [0.1, 0.15) is 99.6 Å². The summed E-state index contributed by atoms with van der Waals surface area (Å²) < 4.78 is 19.1. The van der Waals surface area contributed by atoms with E-state index < -0.39 is 36.2 Å². The fourth-order valence-corrected chi connectivity index (χ4v) is 7.48. The molecule has 9 nitrogen and oxygen atoms in total. The van der Waals surface area contributed by atoms with E-state index in [2.05, 4.69) is 56.0 Å². The van der Waals surface area contributed by atoms with E-state index in [0.29, 0.717) is 19.4 Å². The first-order valence-electron chi connectivity index (χ1n) is 21.0. The van der Waals surface area contributed by atoms with Crippen LogP contribution in [-0.4, -0.2) is 75.4 Å². The maximum Gasteiger partial charge on any atom is 0.407 e. The summed E-state index contributed by atoms with van der Waals surface area (Å²) in [4.78, 5) is 41.6. The van der Waals surface area contributed by atoms with Crippen molar-refractivity contribution < 1.29 is 33.1 Å². The number of ether oxygens (including phenoxy) is 3. The first-order valence-corrected chi connectivity index (χ1v) is 21.0. The van der Waals surface area contributed by atoms with Gasteiger partial charge >= 0.3 is 12.1 Å². The van der Waals surface area contributed by atoms with E-state index in [9.17, 15) is 14.4 Å². The number of hydrogen-bond acceptors (Lipinski definition) is 6. The van der Waals surface area contributed by atoms with Crippen LogP contribution in [0.2, 0.25) is 0 Å². The number of unbranched alkanes of at least 4 members (excludes halogenated alkanes) is 2. The van der Waals surface area contributed by atoms with E-state index in [1.807, 2.05) is 107 Å². The smallest absolute Gasteiger partial charge is 0.407 e. The second-order valence-corrected chi connectivity index (χ2v) is 17.2. The van der Waals surface area contributed by atoms with Gasteiger partial charge in [-0.2, -0.15) is 0 Å². The Labute approximate surface area is 346 Å². The number of quaternary nitrogens is 1. The predicted molar refractivity (Wildman–Crippen MR) is 231 cm³/mol. The molecule has 0 aromatic heterocycles. The summed E-state index contributed by atoms with van der Waals surface area (Å²) >= 11 is 0. The topological polar surface area (TPSA) is 103 Å². The lowest BCUT2D eigenvalue weighted by molar-refractivity contribution is -0.870. The Morgan fingerprint density at radius 1 is 0.741 bits per heavy atom.